The van der Waals surface area contributed by atoms with Crippen molar-refractivity contribution in [3.8, 4) is 0 Å². The average molecular weight is 503 g/mol. The Morgan fingerprint density at radius 1 is 1.25 bits per heavy atom. The Labute approximate surface area is 207 Å². The molecule has 3 rings (SSSR count). The van der Waals surface area contributed by atoms with Crippen LogP contribution in [0.1, 0.15) is 31.2 Å². The van der Waals surface area contributed by atoms with Crippen LogP contribution in [0.15, 0.2) is 50.4 Å². The van der Waals surface area contributed by atoms with Gasteiger partial charge in [0, 0.05) is 50.5 Å². The number of fused-ring (bicyclic) bond motifs is 1. The normalized spacial score (nSPS) is 19.2. The SMILES string of the molecule is C=N/C=C(/F)C(=NCc1c[nH]c2c(F)cc(F)cc12)N[C@H]1CCC[C@@H](NC(=O)C(=NC)N(C)N=C)C1. The molecule has 0 aliphatic heterocycles. The number of likely N-dealkylation sites (N-methyl/N-ethyl adjacent to an activating group) is 1. The number of nitrogens with one attached hydrogen (secondary N) is 3. The maximum absolute atomic E-state index is 14.8. The molecule has 0 saturated heterocycles. The van der Waals surface area contributed by atoms with Crippen LogP contribution >= 0.6 is 0 Å². The zero-order valence-corrected chi connectivity index (χ0v) is 20.2. The van der Waals surface area contributed by atoms with Gasteiger partial charge in [0.2, 0.25) is 5.84 Å². The molecule has 0 bridgehead atoms. The van der Waals surface area contributed by atoms with Gasteiger partial charge in [0.05, 0.1) is 18.3 Å². The van der Waals surface area contributed by atoms with E-state index >= 15 is 0 Å². The molecule has 0 radical (unpaired) electrons. The molecule has 12 heteroatoms. The third-order valence-corrected chi connectivity index (χ3v) is 5.91. The second kappa shape index (κ2) is 12.1. The summed E-state index contributed by atoms with van der Waals surface area (Å²) in [5, 5.41) is 11.3. The van der Waals surface area contributed by atoms with Crippen LogP contribution in [0.25, 0.3) is 10.9 Å². The number of hydrogen-bond acceptors (Lipinski definition) is 5. The average Bonchev–Trinajstić information content (AvgIpc) is 3.25. The number of rotatable bonds is 7. The predicted octanol–water partition coefficient (Wildman–Crippen LogP) is 3.45. The van der Waals surface area contributed by atoms with Crippen molar-refractivity contribution < 1.29 is 18.0 Å². The largest absolute Gasteiger partial charge is 0.365 e. The topological polar surface area (TPSA) is 110 Å². The molecule has 1 amide bonds. The number of H-pyrrole nitrogens is 1. The van der Waals surface area contributed by atoms with Gasteiger partial charge in [-0.05, 0) is 44.0 Å². The Morgan fingerprint density at radius 3 is 2.64 bits per heavy atom. The first-order chi connectivity index (χ1) is 17.3. The zero-order chi connectivity index (χ0) is 26.2. The van der Waals surface area contributed by atoms with E-state index in [0.29, 0.717) is 17.4 Å². The summed E-state index contributed by atoms with van der Waals surface area (Å²) in [5.74, 6) is -2.48. The summed E-state index contributed by atoms with van der Waals surface area (Å²) in [6.07, 6.45) is 5.23. The summed E-state index contributed by atoms with van der Waals surface area (Å²) in [5.41, 5.74) is 0.653. The number of nitrogens with zero attached hydrogens (tertiary/aromatic N) is 5. The molecule has 0 spiro atoms. The van der Waals surface area contributed by atoms with Gasteiger partial charge >= 0.3 is 0 Å². The molecule has 1 aromatic heterocycles. The second-order valence-electron chi connectivity index (χ2n) is 8.34. The highest BCUT2D eigenvalue weighted by molar-refractivity contribution is 6.37. The highest BCUT2D eigenvalue weighted by Crippen LogP contribution is 2.24. The third kappa shape index (κ3) is 6.37. The number of amidine groups is 2. The standard InChI is InChI=1S/C24H29F3N8O/c1-28-13-20(27)22(32-12-14-11-31-21-18(14)8-15(25)9-19(21)26)33-16-6-5-7-17(10-16)34-24(36)23(29-2)35(4)30-3/h8-9,11,13,16-17,31H,1,3,5-7,10,12H2,2,4H3,(H,32,33)(H,34,36)/b20-13+,29-23?/t16-,17+/m0/s1. The molecule has 0 unspecified atom stereocenters. The Morgan fingerprint density at radius 2 is 1.97 bits per heavy atom. The molecule has 1 aliphatic carbocycles. The van der Waals surface area contributed by atoms with E-state index in [1.165, 1.54) is 24.3 Å². The Hall–Kier alpha value is -3.96. The number of amides is 1. The predicted molar refractivity (Wildman–Crippen MR) is 136 cm³/mol. The van der Waals surface area contributed by atoms with E-state index < -0.39 is 17.5 Å². The van der Waals surface area contributed by atoms with Gasteiger partial charge in [0.25, 0.3) is 5.91 Å². The first-order valence-corrected chi connectivity index (χ1v) is 11.3. The van der Waals surface area contributed by atoms with Crippen molar-refractivity contribution in [2.24, 2.45) is 20.1 Å². The highest BCUT2D eigenvalue weighted by atomic mass is 19.1. The van der Waals surface area contributed by atoms with Crippen molar-refractivity contribution in [2.45, 2.75) is 44.3 Å². The lowest BCUT2D eigenvalue weighted by molar-refractivity contribution is -0.116. The second-order valence-corrected chi connectivity index (χ2v) is 8.34. The molecule has 1 aromatic carbocycles. The van der Waals surface area contributed by atoms with Crippen molar-refractivity contribution in [2.75, 3.05) is 14.1 Å². The van der Waals surface area contributed by atoms with Crippen LogP contribution < -0.4 is 10.6 Å². The fourth-order valence-corrected chi connectivity index (χ4v) is 4.19. The van der Waals surface area contributed by atoms with E-state index in [4.69, 9.17) is 0 Å². The van der Waals surface area contributed by atoms with Crippen molar-refractivity contribution in [3.05, 3.63) is 47.6 Å². The van der Waals surface area contributed by atoms with Crippen LogP contribution in [0.2, 0.25) is 0 Å². The van der Waals surface area contributed by atoms with Crippen molar-refractivity contribution in [3.63, 3.8) is 0 Å². The molecule has 2 aromatic rings. The van der Waals surface area contributed by atoms with Crippen LogP contribution in [-0.4, -0.2) is 67.2 Å². The summed E-state index contributed by atoms with van der Waals surface area (Å²) >= 11 is 0. The maximum atomic E-state index is 14.8. The van der Waals surface area contributed by atoms with Crippen LogP contribution in [0.3, 0.4) is 0 Å². The van der Waals surface area contributed by atoms with Crippen molar-refractivity contribution >= 4 is 41.9 Å². The van der Waals surface area contributed by atoms with Gasteiger partial charge < -0.3 is 15.6 Å². The van der Waals surface area contributed by atoms with Gasteiger partial charge in [-0.3, -0.25) is 19.8 Å². The summed E-state index contributed by atoms with van der Waals surface area (Å²) < 4.78 is 42.5. The smallest absolute Gasteiger partial charge is 0.288 e. The van der Waals surface area contributed by atoms with Gasteiger partial charge in [-0.2, -0.15) is 5.10 Å². The maximum Gasteiger partial charge on any atom is 0.288 e. The van der Waals surface area contributed by atoms with Gasteiger partial charge in [-0.1, -0.05) is 0 Å². The Bertz CT molecular complexity index is 1220. The van der Waals surface area contributed by atoms with Crippen LogP contribution in [0.4, 0.5) is 13.2 Å². The number of carbonyl (C=O) groups excluding carboxylic acids is 1. The van der Waals surface area contributed by atoms with Crippen LogP contribution in [0, 0.1) is 11.6 Å². The highest BCUT2D eigenvalue weighted by Gasteiger charge is 2.27. The lowest BCUT2D eigenvalue weighted by Gasteiger charge is -2.31. The number of aromatic nitrogens is 1. The van der Waals surface area contributed by atoms with Crippen molar-refractivity contribution in [1.29, 1.82) is 0 Å². The summed E-state index contributed by atoms with van der Waals surface area (Å²) in [7, 11) is 3.06. The molecule has 1 fully saturated rings. The molecule has 1 aliphatic rings. The Kier molecular flexibility index (Phi) is 8.98. The molecule has 9 nitrogen and oxygen atoms in total. The fourth-order valence-electron chi connectivity index (χ4n) is 4.19. The van der Waals surface area contributed by atoms with E-state index in [0.717, 1.165) is 31.5 Å². The minimum absolute atomic E-state index is 0.0340. The zero-order valence-electron chi connectivity index (χ0n) is 20.2. The van der Waals surface area contributed by atoms with Gasteiger partial charge in [0.1, 0.15) is 11.6 Å². The van der Waals surface area contributed by atoms with E-state index in [2.05, 4.69) is 49.1 Å². The van der Waals surface area contributed by atoms with E-state index in [1.807, 2.05) is 0 Å². The Balaban J connectivity index is 1.75. The molecule has 2 atom stereocenters. The quantitative estimate of drug-likeness (QED) is 0.307. The molecule has 1 heterocycles. The summed E-state index contributed by atoms with van der Waals surface area (Å²) in [6, 6.07) is 1.62. The first kappa shape index (κ1) is 26.6. The first-order valence-electron chi connectivity index (χ1n) is 11.3. The molecule has 192 valence electrons. The molecular weight excluding hydrogens is 473 g/mol. The van der Waals surface area contributed by atoms with Crippen LogP contribution in [0.5, 0.6) is 0 Å². The number of hydrazone groups is 1. The lowest BCUT2D eigenvalue weighted by atomic mass is 9.90. The number of aliphatic imine (C=N–C) groups is 3. The van der Waals surface area contributed by atoms with Gasteiger partial charge in [-0.15, -0.1) is 0 Å². The molecular formula is C24H29F3N8O. The van der Waals surface area contributed by atoms with E-state index in [9.17, 15) is 18.0 Å². The lowest BCUT2D eigenvalue weighted by Crippen LogP contribution is -2.49. The molecule has 3 N–H and O–H groups in total. The van der Waals surface area contributed by atoms with Gasteiger partial charge in [-0.25, -0.2) is 18.2 Å². The fraction of sp³-hybridized carbons (Fsp3) is 0.375. The number of aromatic amines is 1. The molecule has 36 heavy (non-hydrogen) atoms. The third-order valence-electron chi connectivity index (χ3n) is 5.91. The monoisotopic (exact) mass is 502 g/mol. The minimum Gasteiger partial charge on any atom is -0.365 e. The number of halogens is 3. The van der Waals surface area contributed by atoms with Crippen LogP contribution in [-0.2, 0) is 11.3 Å². The van der Waals surface area contributed by atoms with Crippen molar-refractivity contribution in [1.82, 2.24) is 20.6 Å². The molecule has 1 saturated carbocycles. The van der Waals surface area contributed by atoms with E-state index in [-0.39, 0.29) is 41.7 Å². The van der Waals surface area contributed by atoms with E-state index in [1.54, 1.807) is 7.05 Å². The number of hydrogen-bond donors (Lipinski definition) is 3. The minimum atomic E-state index is -0.729. The number of carbonyl (C=O) groups is 1. The van der Waals surface area contributed by atoms with Gasteiger partial charge in [0.15, 0.2) is 11.7 Å². The summed E-state index contributed by atoms with van der Waals surface area (Å²) in [4.78, 5) is 27.1. The summed E-state index contributed by atoms with van der Waals surface area (Å²) in [6.45, 7) is 6.64. The number of benzene rings is 1.